The molecule has 1 aliphatic heterocycles. The number of benzene rings is 2. The number of rotatable bonds is 7. The number of nitrogens with zero attached hydrogens (tertiary/aromatic N) is 2. The molecule has 1 fully saturated rings. The highest BCUT2D eigenvalue weighted by molar-refractivity contribution is 14.0. The molecule has 0 aromatic heterocycles. The largest absolute Gasteiger partial charge is 0.497 e. The molecule has 2 N–H and O–H groups in total. The SMILES string of the molecule is CN=C(NCc1cc(F)ccc1F)NCC(c1cccc(OC)c1)N1CCCC1.I. The van der Waals surface area contributed by atoms with Crippen molar-refractivity contribution in [1.82, 2.24) is 15.5 Å². The van der Waals surface area contributed by atoms with E-state index in [9.17, 15) is 8.78 Å². The Bertz CT molecular complexity index is 844. The van der Waals surface area contributed by atoms with Crippen molar-refractivity contribution in [2.75, 3.05) is 33.8 Å². The molecule has 1 unspecified atom stereocenters. The predicted molar refractivity (Wildman–Crippen MR) is 127 cm³/mol. The molecule has 0 radical (unpaired) electrons. The van der Waals surface area contributed by atoms with E-state index < -0.39 is 11.6 Å². The van der Waals surface area contributed by atoms with Crippen LogP contribution in [0.5, 0.6) is 5.75 Å². The highest BCUT2D eigenvalue weighted by atomic mass is 127. The van der Waals surface area contributed by atoms with Gasteiger partial charge in [0.1, 0.15) is 17.4 Å². The minimum Gasteiger partial charge on any atom is -0.497 e. The van der Waals surface area contributed by atoms with Gasteiger partial charge in [-0.05, 0) is 61.8 Å². The summed E-state index contributed by atoms with van der Waals surface area (Å²) in [5.41, 5.74) is 1.43. The van der Waals surface area contributed by atoms with Crippen molar-refractivity contribution in [2.24, 2.45) is 4.99 Å². The second kappa shape index (κ2) is 12.0. The third-order valence-electron chi connectivity index (χ3n) is 5.20. The lowest BCUT2D eigenvalue weighted by atomic mass is 10.1. The molecule has 0 aliphatic carbocycles. The van der Waals surface area contributed by atoms with Gasteiger partial charge in [-0.15, -0.1) is 24.0 Å². The van der Waals surface area contributed by atoms with E-state index in [0.717, 1.165) is 31.0 Å². The molecule has 1 saturated heterocycles. The molecule has 2 aromatic rings. The Hall–Kier alpha value is -1.94. The maximum atomic E-state index is 13.8. The quantitative estimate of drug-likeness (QED) is 0.322. The lowest BCUT2D eigenvalue weighted by Crippen LogP contribution is -2.42. The molecule has 30 heavy (non-hydrogen) atoms. The van der Waals surface area contributed by atoms with Crippen LogP contribution in [0.4, 0.5) is 8.78 Å². The molecule has 1 aliphatic rings. The van der Waals surface area contributed by atoms with E-state index in [2.05, 4.69) is 32.7 Å². The van der Waals surface area contributed by atoms with Crippen LogP contribution in [0.2, 0.25) is 0 Å². The fourth-order valence-electron chi connectivity index (χ4n) is 3.63. The Labute approximate surface area is 193 Å². The number of ether oxygens (including phenoxy) is 1. The zero-order valence-corrected chi connectivity index (χ0v) is 19.7. The Morgan fingerprint density at radius 3 is 2.60 bits per heavy atom. The topological polar surface area (TPSA) is 48.9 Å². The molecular formula is C22H29F2IN4O. The van der Waals surface area contributed by atoms with Crippen LogP contribution in [0.3, 0.4) is 0 Å². The Balaban J connectivity index is 0.00000320. The van der Waals surface area contributed by atoms with Gasteiger partial charge in [-0.3, -0.25) is 9.89 Å². The third-order valence-corrected chi connectivity index (χ3v) is 5.20. The van der Waals surface area contributed by atoms with E-state index in [1.165, 1.54) is 24.5 Å². The summed E-state index contributed by atoms with van der Waals surface area (Å²) in [6.45, 7) is 2.88. The van der Waals surface area contributed by atoms with Crippen LogP contribution in [0, 0.1) is 11.6 Å². The average molecular weight is 530 g/mol. The molecule has 5 nitrogen and oxygen atoms in total. The summed E-state index contributed by atoms with van der Waals surface area (Å²) in [5, 5.41) is 6.39. The van der Waals surface area contributed by atoms with Crippen molar-refractivity contribution >= 4 is 29.9 Å². The summed E-state index contributed by atoms with van der Waals surface area (Å²) in [4.78, 5) is 6.66. The maximum Gasteiger partial charge on any atom is 0.191 e. The van der Waals surface area contributed by atoms with Crippen molar-refractivity contribution in [3.8, 4) is 5.75 Å². The van der Waals surface area contributed by atoms with Crippen molar-refractivity contribution in [3.63, 3.8) is 0 Å². The van der Waals surface area contributed by atoms with Gasteiger partial charge in [-0.2, -0.15) is 0 Å². The molecule has 1 atom stereocenters. The summed E-state index contributed by atoms with van der Waals surface area (Å²) in [5.74, 6) is 0.468. The van der Waals surface area contributed by atoms with Crippen LogP contribution in [0.25, 0.3) is 0 Å². The predicted octanol–water partition coefficient (Wildman–Crippen LogP) is 4.09. The van der Waals surface area contributed by atoms with Crippen molar-refractivity contribution < 1.29 is 13.5 Å². The van der Waals surface area contributed by atoms with Crippen LogP contribution in [-0.4, -0.2) is 44.7 Å². The van der Waals surface area contributed by atoms with Crippen molar-refractivity contribution in [1.29, 1.82) is 0 Å². The van der Waals surface area contributed by atoms with Crippen LogP contribution in [0.1, 0.15) is 30.0 Å². The Kier molecular flexibility index (Phi) is 9.77. The zero-order chi connectivity index (χ0) is 20.6. The summed E-state index contributed by atoms with van der Waals surface area (Å²) in [6.07, 6.45) is 2.37. The number of aliphatic imine (C=N–C) groups is 1. The minimum absolute atomic E-state index is 0. The lowest BCUT2D eigenvalue weighted by Gasteiger charge is -2.29. The fraction of sp³-hybridized carbons (Fsp3) is 0.409. The van der Waals surface area contributed by atoms with E-state index in [0.29, 0.717) is 12.5 Å². The lowest BCUT2D eigenvalue weighted by molar-refractivity contribution is 0.245. The summed E-state index contributed by atoms with van der Waals surface area (Å²) >= 11 is 0. The molecule has 3 rings (SSSR count). The minimum atomic E-state index is -0.460. The summed E-state index contributed by atoms with van der Waals surface area (Å²) in [6, 6.07) is 11.7. The first-order chi connectivity index (χ1) is 14.1. The molecule has 8 heteroatoms. The summed E-state index contributed by atoms with van der Waals surface area (Å²) in [7, 11) is 3.33. The van der Waals surface area contributed by atoms with Crippen LogP contribution >= 0.6 is 24.0 Å². The monoisotopic (exact) mass is 530 g/mol. The number of halogens is 3. The molecule has 2 aromatic carbocycles. The van der Waals surface area contributed by atoms with E-state index in [1.807, 2.05) is 12.1 Å². The van der Waals surface area contributed by atoms with Gasteiger partial charge in [0.25, 0.3) is 0 Å². The summed E-state index contributed by atoms with van der Waals surface area (Å²) < 4.78 is 32.6. The first-order valence-electron chi connectivity index (χ1n) is 9.87. The van der Waals surface area contributed by atoms with Crippen molar-refractivity contribution in [3.05, 3.63) is 65.2 Å². The number of likely N-dealkylation sites (tertiary alicyclic amines) is 1. The number of methoxy groups -OCH3 is 1. The zero-order valence-electron chi connectivity index (χ0n) is 17.3. The van der Waals surface area contributed by atoms with Gasteiger partial charge < -0.3 is 15.4 Å². The van der Waals surface area contributed by atoms with Crippen LogP contribution in [-0.2, 0) is 6.54 Å². The van der Waals surface area contributed by atoms with Gasteiger partial charge in [0, 0.05) is 25.7 Å². The van der Waals surface area contributed by atoms with Gasteiger partial charge >= 0.3 is 0 Å². The number of hydrogen-bond acceptors (Lipinski definition) is 3. The van der Waals surface area contributed by atoms with E-state index in [-0.39, 0.29) is 42.1 Å². The first kappa shape index (κ1) is 24.3. The number of guanidine groups is 1. The molecule has 164 valence electrons. The number of hydrogen-bond donors (Lipinski definition) is 2. The second-order valence-corrected chi connectivity index (χ2v) is 7.08. The smallest absolute Gasteiger partial charge is 0.191 e. The normalized spacial score (nSPS) is 15.4. The number of nitrogens with one attached hydrogen (secondary N) is 2. The first-order valence-corrected chi connectivity index (χ1v) is 9.87. The molecule has 0 bridgehead atoms. The van der Waals surface area contributed by atoms with Gasteiger partial charge in [0.2, 0.25) is 0 Å². The Morgan fingerprint density at radius 2 is 1.90 bits per heavy atom. The average Bonchev–Trinajstić information content (AvgIpc) is 3.27. The second-order valence-electron chi connectivity index (χ2n) is 7.08. The Morgan fingerprint density at radius 1 is 1.13 bits per heavy atom. The van der Waals surface area contributed by atoms with E-state index >= 15 is 0 Å². The molecular weight excluding hydrogens is 501 g/mol. The fourth-order valence-corrected chi connectivity index (χ4v) is 3.63. The third kappa shape index (κ3) is 6.53. The molecule has 0 amide bonds. The molecule has 1 heterocycles. The van der Waals surface area contributed by atoms with E-state index in [4.69, 9.17) is 4.74 Å². The van der Waals surface area contributed by atoms with E-state index in [1.54, 1.807) is 14.2 Å². The molecule has 0 spiro atoms. The van der Waals surface area contributed by atoms with Gasteiger partial charge in [-0.1, -0.05) is 12.1 Å². The standard InChI is InChI=1S/C22H28F2N4O.HI/c1-25-22(26-14-17-12-18(23)8-9-20(17)24)27-15-21(28-10-3-4-11-28)16-6-5-7-19(13-16)29-2;/h5-9,12-13,21H,3-4,10-11,14-15H2,1-2H3,(H2,25,26,27);1H. The highest BCUT2D eigenvalue weighted by Crippen LogP contribution is 2.27. The molecule has 0 saturated carbocycles. The van der Waals surface area contributed by atoms with Gasteiger partial charge in [-0.25, -0.2) is 8.78 Å². The van der Waals surface area contributed by atoms with Gasteiger partial charge in [0.15, 0.2) is 5.96 Å². The van der Waals surface area contributed by atoms with Gasteiger partial charge in [0.05, 0.1) is 13.2 Å². The van der Waals surface area contributed by atoms with Crippen LogP contribution in [0.15, 0.2) is 47.5 Å². The maximum absolute atomic E-state index is 13.8. The highest BCUT2D eigenvalue weighted by Gasteiger charge is 2.24. The van der Waals surface area contributed by atoms with Crippen LogP contribution < -0.4 is 15.4 Å². The van der Waals surface area contributed by atoms with Crippen molar-refractivity contribution in [2.45, 2.75) is 25.4 Å².